The molecule has 2 saturated heterocycles. The van der Waals surface area contributed by atoms with Crippen LogP contribution in [0.3, 0.4) is 0 Å². The summed E-state index contributed by atoms with van der Waals surface area (Å²) in [5, 5.41) is 0.861. The van der Waals surface area contributed by atoms with E-state index in [9.17, 15) is 19.2 Å². The number of rotatable bonds is 7. The summed E-state index contributed by atoms with van der Waals surface area (Å²) in [4.78, 5) is 53.2. The number of ether oxygens (including phenoxy) is 1. The Bertz CT molecular complexity index is 572. The number of hydrogen-bond acceptors (Lipinski definition) is 6. The van der Waals surface area contributed by atoms with Crippen molar-refractivity contribution in [1.82, 2.24) is 10.1 Å². The predicted octanol–water partition coefficient (Wildman–Crippen LogP) is 0.873. The highest BCUT2D eigenvalue weighted by Crippen LogP contribution is 2.34. The van der Waals surface area contributed by atoms with Crippen LogP contribution in [0.1, 0.15) is 46.0 Å². The van der Waals surface area contributed by atoms with E-state index in [4.69, 9.17) is 9.68 Å². The smallest absolute Gasteiger partial charge is 0.288 e. The van der Waals surface area contributed by atoms with Crippen LogP contribution in [0.4, 0.5) is 0 Å². The average Bonchev–Trinajstić information content (AvgIpc) is 2.87. The molecule has 8 nitrogen and oxygen atoms in total. The number of imide groups is 2. The fraction of sp³-hybridized carbons (Fsp3) is 0.600. The van der Waals surface area contributed by atoms with Gasteiger partial charge in [-0.25, -0.2) is 0 Å². The van der Waals surface area contributed by atoms with Crippen molar-refractivity contribution in [3.63, 3.8) is 0 Å². The van der Waals surface area contributed by atoms with Crippen LogP contribution in [0.2, 0.25) is 0 Å². The Hall–Kier alpha value is -2.06. The van der Waals surface area contributed by atoms with Gasteiger partial charge in [-0.3, -0.25) is 19.2 Å². The molecule has 23 heavy (non-hydrogen) atoms. The van der Waals surface area contributed by atoms with Crippen molar-refractivity contribution in [3.8, 4) is 0 Å². The van der Waals surface area contributed by atoms with Crippen molar-refractivity contribution in [2.24, 2.45) is 0 Å². The van der Waals surface area contributed by atoms with Gasteiger partial charge in [-0.1, -0.05) is 26.8 Å². The topological polar surface area (TPSA) is 93.2 Å². The molecule has 1 unspecified atom stereocenters. The highest BCUT2D eigenvalue weighted by Gasteiger charge is 2.55. The maximum atomic E-state index is 12.6. The maximum Gasteiger partial charge on any atom is 0.288 e. The first-order chi connectivity index (χ1) is 10.9. The van der Waals surface area contributed by atoms with E-state index in [-0.39, 0.29) is 18.4 Å². The molecule has 0 radical (unpaired) electrons. The van der Waals surface area contributed by atoms with Gasteiger partial charge < -0.3 is 4.74 Å². The lowest BCUT2D eigenvalue weighted by Gasteiger charge is -2.26. The Morgan fingerprint density at radius 3 is 2.30 bits per heavy atom. The molecular weight excluding hydrogens is 304 g/mol. The summed E-state index contributed by atoms with van der Waals surface area (Å²) in [6.45, 7) is 7.53. The van der Waals surface area contributed by atoms with E-state index >= 15 is 0 Å². The minimum Gasteiger partial charge on any atom is -0.364 e. The minimum absolute atomic E-state index is 0.0520. The molecule has 2 aliphatic heterocycles. The highest BCUT2D eigenvalue weighted by molar-refractivity contribution is 6.12. The summed E-state index contributed by atoms with van der Waals surface area (Å²) in [6.07, 6.45) is 1.32. The molecule has 0 aromatic rings. The number of hydroxylamine groups is 4. The van der Waals surface area contributed by atoms with Crippen molar-refractivity contribution >= 4 is 23.6 Å². The Kier molecular flexibility index (Phi) is 4.96. The lowest BCUT2D eigenvalue weighted by molar-refractivity contribution is -0.271. The van der Waals surface area contributed by atoms with E-state index < -0.39 is 29.2 Å². The predicted molar refractivity (Wildman–Crippen MR) is 77.0 cm³/mol. The number of carbonyl (C=O) groups excluding carboxylic acids is 4. The van der Waals surface area contributed by atoms with Crippen LogP contribution in [-0.4, -0.2) is 46.0 Å². The summed E-state index contributed by atoms with van der Waals surface area (Å²) < 4.78 is 5.63. The summed E-state index contributed by atoms with van der Waals surface area (Å²) in [6, 6.07) is 0. The molecule has 0 aliphatic carbocycles. The quantitative estimate of drug-likeness (QED) is 0.509. The van der Waals surface area contributed by atoms with Crippen molar-refractivity contribution in [2.45, 2.75) is 51.6 Å². The Balaban J connectivity index is 2.18. The third-order valence-corrected chi connectivity index (χ3v) is 3.72. The number of carbonyl (C=O) groups is 4. The van der Waals surface area contributed by atoms with Gasteiger partial charge in [0.1, 0.15) is 0 Å². The van der Waals surface area contributed by atoms with Gasteiger partial charge in [-0.2, -0.15) is 0 Å². The zero-order chi connectivity index (χ0) is 17.2. The molecule has 126 valence electrons. The Labute approximate surface area is 133 Å². The zero-order valence-electron chi connectivity index (χ0n) is 13.3. The molecule has 0 aromatic carbocycles. The number of amides is 4. The van der Waals surface area contributed by atoms with Crippen LogP contribution in [0, 0.1) is 0 Å². The average molecular weight is 324 g/mol. The van der Waals surface area contributed by atoms with Gasteiger partial charge in [0.2, 0.25) is 0 Å². The first-order valence-corrected chi connectivity index (χ1v) is 7.60. The summed E-state index contributed by atoms with van der Waals surface area (Å²) >= 11 is 0. The van der Waals surface area contributed by atoms with E-state index in [0.29, 0.717) is 36.0 Å². The number of nitrogens with zero attached hydrogens (tertiary/aromatic N) is 2. The Morgan fingerprint density at radius 1 is 1.09 bits per heavy atom. The maximum absolute atomic E-state index is 12.6. The molecule has 2 heterocycles. The lowest BCUT2D eigenvalue weighted by Crippen LogP contribution is -2.46. The van der Waals surface area contributed by atoms with Gasteiger partial charge in [-0.05, 0) is 12.8 Å². The molecule has 0 bridgehead atoms. The molecule has 1 atom stereocenters. The first-order valence-electron chi connectivity index (χ1n) is 7.60. The third-order valence-electron chi connectivity index (χ3n) is 3.72. The van der Waals surface area contributed by atoms with E-state index in [1.165, 1.54) is 0 Å². The monoisotopic (exact) mass is 324 g/mol. The second-order valence-corrected chi connectivity index (χ2v) is 5.62. The van der Waals surface area contributed by atoms with Crippen LogP contribution in [0.25, 0.3) is 0 Å². The minimum atomic E-state index is -1.29. The van der Waals surface area contributed by atoms with Crippen LogP contribution < -0.4 is 0 Å². The molecule has 0 spiro atoms. The summed E-state index contributed by atoms with van der Waals surface area (Å²) in [5.41, 5.74) is -1.24. The van der Waals surface area contributed by atoms with E-state index in [1.807, 2.05) is 13.8 Å². The molecule has 4 amide bonds. The van der Waals surface area contributed by atoms with Crippen molar-refractivity contribution in [3.05, 3.63) is 12.2 Å². The first kappa shape index (κ1) is 17.3. The van der Waals surface area contributed by atoms with E-state index in [2.05, 4.69) is 6.58 Å². The second kappa shape index (κ2) is 6.59. The van der Waals surface area contributed by atoms with Crippen LogP contribution in [0.15, 0.2) is 12.2 Å². The van der Waals surface area contributed by atoms with Gasteiger partial charge in [0.05, 0.1) is 12.8 Å². The molecular formula is C15H20N2O6. The third kappa shape index (κ3) is 3.04. The SMILES string of the molecule is C=C1CC(=O)N(ON2C(=O)CC(CCC)(OCCC)C2=O)C1=O. The van der Waals surface area contributed by atoms with Gasteiger partial charge in [-0.15, -0.1) is 15.1 Å². The molecule has 8 heteroatoms. The standard InChI is InChI=1S/C15H20N2O6/c1-4-6-15(22-7-5-2)9-12(19)17(14(15)21)23-16-11(18)8-10(3)13(16)20/h3-9H2,1-2H3. The fourth-order valence-electron chi connectivity index (χ4n) is 2.61. The van der Waals surface area contributed by atoms with Crippen LogP contribution in [-0.2, 0) is 28.9 Å². The normalized spacial score (nSPS) is 25.2. The van der Waals surface area contributed by atoms with E-state index in [1.54, 1.807) is 0 Å². The van der Waals surface area contributed by atoms with E-state index in [0.717, 1.165) is 0 Å². The van der Waals surface area contributed by atoms with Gasteiger partial charge in [0, 0.05) is 12.2 Å². The molecule has 0 saturated carbocycles. The fourth-order valence-corrected chi connectivity index (χ4v) is 2.61. The molecule has 2 fully saturated rings. The molecule has 2 rings (SSSR count). The van der Waals surface area contributed by atoms with Gasteiger partial charge in [0.25, 0.3) is 23.6 Å². The van der Waals surface area contributed by atoms with Crippen molar-refractivity contribution in [1.29, 1.82) is 0 Å². The highest BCUT2D eigenvalue weighted by atomic mass is 16.9. The van der Waals surface area contributed by atoms with Crippen molar-refractivity contribution in [2.75, 3.05) is 6.61 Å². The molecule has 0 aromatic heterocycles. The summed E-state index contributed by atoms with van der Waals surface area (Å²) in [7, 11) is 0. The largest absolute Gasteiger partial charge is 0.364 e. The van der Waals surface area contributed by atoms with Crippen LogP contribution >= 0.6 is 0 Å². The zero-order valence-corrected chi connectivity index (χ0v) is 13.3. The van der Waals surface area contributed by atoms with Crippen molar-refractivity contribution < 1.29 is 28.9 Å². The summed E-state index contributed by atoms with van der Waals surface area (Å²) in [5.74, 6) is -2.74. The second-order valence-electron chi connectivity index (χ2n) is 5.62. The van der Waals surface area contributed by atoms with Gasteiger partial charge >= 0.3 is 0 Å². The Morgan fingerprint density at radius 2 is 1.78 bits per heavy atom. The number of hydrogen-bond donors (Lipinski definition) is 0. The molecule has 2 aliphatic rings. The van der Waals surface area contributed by atoms with Gasteiger partial charge in [0.15, 0.2) is 5.60 Å². The van der Waals surface area contributed by atoms with Crippen LogP contribution in [0.5, 0.6) is 0 Å². The lowest BCUT2D eigenvalue weighted by atomic mass is 9.96. The molecule has 0 N–H and O–H groups in total.